The molecule has 0 aliphatic heterocycles. The van der Waals surface area contributed by atoms with Crippen LogP contribution in [0.4, 0.5) is 0 Å². The second-order valence-electron chi connectivity index (χ2n) is 5.61. The fourth-order valence-corrected chi connectivity index (χ4v) is 3.87. The molecule has 2 fully saturated rings. The van der Waals surface area contributed by atoms with Crippen molar-refractivity contribution in [2.75, 3.05) is 7.11 Å². The summed E-state index contributed by atoms with van der Waals surface area (Å²) in [5.41, 5.74) is 0.418. The minimum atomic E-state index is -0.219. The van der Waals surface area contributed by atoms with E-state index in [9.17, 15) is 9.59 Å². The number of H-pyrrole nitrogens is 1. The molecule has 1 amide bonds. The molecular weight excluding hydrogens is 280 g/mol. The first-order valence-corrected chi connectivity index (χ1v) is 7.20. The molecule has 1 heterocycles. The highest BCUT2D eigenvalue weighted by atomic mass is 35.5. The number of ether oxygens (including phenoxy) is 1. The first-order valence-electron chi connectivity index (χ1n) is 6.82. The number of amides is 1. The summed E-state index contributed by atoms with van der Waals surface area (Å²) < 4.78 is 4.89. The van der Waals surface area contributed by atoms with Crippen molar-refractivity contribution < 1.29 is 14.3 Å². The lowest BCUT2D eigenvalue weighted by Crippen LogP contribution is -2.47. The Labute approximate surface area is 122 Å². The van der Waals surface area contributed by atoms with Crippen molar-refractivity contribution in [3.8, 4) is 0 Å². The van der Waals surface area contributed by atoms with Gasteiger partial charge in [0.1, 0.15) is 5.69 Å². The topological polar surface area (TPSA) is 71.2 Å². The van der Waals surface area contributed by atoms with E-state index in [-0.39, 0.29) is 23.8 Å². The van der Waals surface area contributed by atoms with Crippen LogP contribution in [0.25, 0.3) is 0 Å². The van der Waals surface area contributed by atoms with Gasteiger partial charge in [-0.3, -0.25) is 9.59 Å². The van der Waals surface area contributed by atoms with Crippen molar-refractivity contribution in [1.29, 1.82) is 0 Å². The van der Waals surface area contributed by atoms with Crippen LogP contribution in [0, 0.1) is 17.8 Å². The van der Waals surface area contributed by atoms with E-state index in [1.165, 1.54) is 7.11 Å². The van der Waals surface area contributed by atoms with Crippen LogP contribution in [-0.4, -0.2) is 30.0 Å². The summed E-state index contributed by atoms with van der Waals surface area (Å²) in [7, 11) is 1.40. The minimum absolute atomic E-state index is 0.129. The number of aromatic amines is 1. The van der Waals surface area contributed by atoms with Crippen molar-refractivity contribution in [2.24, 2.45) is 17.8 Å². The van der Waals surface area contributed by atoms with Crippen molar-refractivity contribution >= 4 is 23.5 Å². The Morgan fingerprint density at radius 2 is 2.15 bits per heavy atom. The van der Waals surface area contributed by atoms with Crippen molar-refractivity contribution in [1.82, 2.24) is 10.3 Å². The van der Waals surface area contributed by atoms with Crippen LogP contribution in [-0.2, 0) is 9.53 Å². The third kappa shape index (κ3) is 2.20. The molecule has 6 heteroatoms. The van der Waals surface area contributed by atoms with Gasteiger partial charge in [0.05, 0.1) is 18.1 Å². The standard InChI is InChI=1S/C14H17ClN2O3/c1-20-14(19)11-7-2-3-8(4-7)12(11)17-13(18)10-5-9(15)6-16-10/h5-8,11-12,16H,2-4H2,1H3,(H,17,18)/t7-,8-,11-,12-/m0/s1. The first kappa shape index (κ1) is 13.5. The maximum atomic E-state index is 12.2. The minimum Gasteiger partial charge on any atom is -0.469 e. The summed E-state index contributed by atoms with van der Waals surface area (Å²) in [6, 6.07) is 1.45. The Hall–Kier alpha value is -1.49. The molecule has 0 unspecified atom stereocenters. The Morgan fingerprint density at radius 3 is 2.80 bits per heavy atom. The van der Waals surface area contributed by atoms with E-state index < -0.39 is 0 Å². The van der Waals surface area contributed by atoms with Crippen molar-refractivity contribution in [3.63, 3.8) is 0 Å². The molecule has 108 valence electrons. The van der Waals surface area contributed by atoms with Gasteiger partial charge in [0.15, 0.2) is 0 Å². The van der Waals surface area contributed by atoms with Crippen LogP contribution >= 0.6 is 11.6 Å². The number of carbonyl (C=O) groups is 2. The van der Waals surface area contributed by atoms with E-state index in [0.29, 0.717) is 22.6 Å². The summed E-state index contributed by atoms with van der Waals surface area (Å²) in [5.74, 6) is 0.0620. The fraction of sp³-hybridized carbons (Fsp3) is 0.571. The molecule has 0 radical (unpaired) electrons. The normalized spacial score (nSPS) is 31.3. The summed E-state index contributed by atoms with van der Waals surface area (Å²) in [6.45, 7) is 0. The van der Waals surface area contributed by atoms with Gasteiger partial charge in [0, 0.05) is 12.2 Å². The van der Waals surface area contributed by atoms with E-state index in [1.54, 1.807) is 12.3 Å². The molecule has 2 bridgehead atoms. The second-order valence-corrected chi connectivity index (χ2v) is 6.05. The Balaban J connectivity index is 1.75. The van der Waals surface area contributed by atoms with E-state index >= 15 is 0 Å². The number of esters is 1. The highest BCUT2D eigenvalue weighted by Gasteiger charge is 2.52. The second kappa shape index (κ2) is 5.13. The molecule has 0 spiro atoms. The molecule has 1 aromatic heterocycles. The zero-order chi connectivity index (χ0) is 14.3. The number of fused-ring (bicyclic) bond motifs is 2. The number of halogens is 1. The van der Waals surface area contributed by atoms with Gasteiger partial charge in [-0.15, -0.1) is 0 Å². The molecule has 2 N–H and O–H groups in total. The molecule has 0 saturated heterocycles. The molecule has 2 aliphatic rings. The van der Waals surface area contributed by atoms with Gasteiger partial charge in [0.2, 0.25) is 0 Å². The van der Waals surface area contributed by atoms with Gasteiger partial charge in [-0.05, 0) is 37.2 Å². The SMILES string of the molecule is COC(=O)[C@H]1[C@H]2CC[C@@H](C2)[C@@H]1NC(=O)c1cc(Cl)c[nH]1. The van der Waals surface area contributed by atoms with Crippen LogP contribution < -0.4 is 5.32 Å². The molecule has 3 rings (SSSR count). The van der Waals surface area contributed by atoms with Gasteiger partial charge in [-0.1, -0.05) is 11.6 Å². The predicted molar refractivity (Wildman–Crippen MR) is 73.4 cm³/mol. The van der Waals surface area contributed by atoms with Gasteiger partial charge in [-0.2, -0.15) is 0 Å². The molecular formula is C14H17ClN2O3. The monoisotopic (exact) mass is 296 g/mol. The van der Waals surface area contributed by atoms with E-state index in [0.717, 1.165) is 19.3 Å². The zero-order valence-electron chi connectivity index (χ0n) is 11.2. The molecule has 2 aliphatic carbocycles. The summed E-state index contributed by atoms with van der Waals surface area (Å²) in [6.07, 6.45) is 4.67. The highest BCUT2D eigenvalue weighted by Crippen LogP contribution is 2.49. The lowest BCUT2D eigenvalue weighted by atomic mass is 9.84. The highest BCUT2D eigenvalue weighted by molar-refractivity contribution is 6.30. The van der Waals surface area contributed by atoms with Crippen LogP contribution in [0.15, 0.2) is 12.3 Å². The molecule has 1 aromatic rings. The smallest absolute Gasteiger partial charge is 0.311 e. The Morgan fingerprint density at radius 1 is 1.40 bits per heavy atom. The third-order valence-electron chi connectivity index (χ3n) is 4.58. The lowest BCUT2D eigenvalue weighted by molar-refractivity contribution is -0.148. The van der Waals surface area contributed by atoms with Crippen molar-refractivity contribution in [2.45, 2.75) is 25.3 Å². The molecule has 2 saturated carbocycles. The third-order valence-corrected chi connectivity index (χ3v) is 4.80. The average molecular weight is 297 g/mol. The maximum absolute atomic E-state index is 12.2. The number of hydrogen-bond acceptors (Lipinski definition) is 3. The maximum Gasteiger partial charge on any atom is 0.311 e. The summed E-state index contributed by atoms with van der Waals surface area (Å²) in [4.78, 5) is 26.9. The zero-order valence-corrected chi connectivity index (χ0v) is 11.9. The van der Waals surface area contributed by atoms with E-state index in [2.05, 4.69) is 10.3 Å². The number of hydrogen-bond donors (Lipinski definition) is 2. The number of aromatic nitrogens is 1. The van der Waals surface area contributed by atoms with Gasteiger partial charge in [-0.25, -0.2) is 0 Å². The fourth-order valence-electron chi connectivity index (χ4n) is 3.70. The molecule has 20 heavy (non-hydrogen) atoms. The van der Waals surface area contributed by atoms with Gasteiger partial charge >= 0.3 is 5.97 Å². The van der Waals surface area contributed by atoms with Crippen LogP contribution in [0.1, 0.15) is 29.8 Å². The van der Waals surface area contributed by atoms with Gasteiger partial charge in [0.25, 0.3) is 5.91 Å². The number of carbonyl (C=O) groups excluding carboxylic acids is 2. The Bertz CT molecular complexity index is 542. The molecule has 5 nitrogen and oxygen atoms in total. The Kier molecular flexibility index (Phi) is 3.46. The largest absolute Gasteiger partial charge is 0.469 e. The first-order chi connectivity index (χ1) is 9.60. The van der Waals surface area contributed by atoms with E-state index in [1.807, 2.05) is 0 Å². The van der Waals surface area contributed by atoms with Crippen LogP contribution in [0.3, 0.4) is 0 Å². The van der Waals surface area contributed by atoms with Gasteiger partial charge < -0.3 is 15.0 Å². The van der Waals surface area contributed by atoms with Crippen molar-refractivity contribution in [3.05, 3.63) is 23.0 Å². The average Bonchev–Trinajstić information content (AvgIpc) is 3.13. The van der Waals surface area contributed by atoms with E-state index in [4.69, 9.17) is 16.3 Å². The van der Waals surface area contributed by atoms with Crippen LogP contribution in [0.2, 0.25) is 5.02 Å². The number of rotatable bonds is 3. The quantitative estimate of drug-likeness (QED) is 0.838. The summed E-state index contributed by atoms with van der Waals surface area (Å²) >= 11 is 5.80. The summed E-state index contributed by atoms with van der Waals surface area (Å²) in [5, 5.41) is 3.47. The molecule has 4 atom stereocenters. The number of methoxy groups -OCH3 is 1. The number of nitrogens with one attached hydrogen (secondary N) is 2. The lowest BCUT2D eigenvalue weighted by Gasteiger charge is -2.29. The predicted octanol–water partition coefficient (Wildman–Crippen LogP) is 1.99. The van der Waals surface area contributed by atoms with Crippen LogP contribution in [0.5, 0.6) is 0 Å². The molecule has 0 aromatic carbocycles.